The van der Waals surface area contributed by atoms with Gasteiger partial charge in [-0.15, -0.1) is 0 Å². The van der Waals surface area contributed by atoms with E-state index < -0.39 is 0 Å². The van der Waals surface area contributed by atoms with Gasteiger partial charge in [-0.3, -0.25) is 9.78 Å². The van der Waals surface area contributed by atoms with Gasteiger partial charge >= 0.3 is 0 Å². The number of anilines is 1. The average Bonchev–Trinajstić information content (AvgIpc) is 3.37. The van der Waals surface area contributed by atoms with Crippen LogP contribution < -0.4 is 5.32 Å². The van der Waals surface area contributed by atoms with Crippen LogP contribution in [-0.2, 0) is 11.3 Å². The minimum absolute atomic E-state index is 0.0591. The van der Waals surface area contributed by atoms with Crippen molar-refractivity contribution in [1.29, 1.82) is 0 Å². The molecule has 3 heterocycles. The van der Waals surface area contributed by atoms with Gasteiger partial charge in [-0.05, 0) is 74.7 Å². The topological polar surface area (TPSA) is 75.5 Å². The lowest BCUT2D eigenvalue weighted by Gasteiger charge is -2.34. The zero-order valence-corrected chi connectivity index (χ0v) is 24.3. The van der Waals surface area contributed by atoms with Crippen molar-refractivity contribution in [3.05, 3.63) is 90.3 Å². The molecule has 1 aliphatic heterocycles. The Morgan fingerprint density at radius 2 is 1.76 bits per heavy atom. The molecule has 0 saturated carbocycles. The van der Waals surface area contributed by atoms with E-state index in [2.05, 4.69) is 50.1 Å². The molecule has 0 aliphatic carbocycles. The number of para-hydroxylation sites is 2. The van der Waals surface area contributed by atoms with E-state index in [1.54, 1.807) is 0 Å². The number of nitrogens with zero attached hydrogens (tertiary/aromatic N) is 5. The van der Waals surface area contributed by atoms with E-state index in [4.69, 9.17) is 9.72 Å². The van der Waals surface area contributed by atoms with Crippen LogP contribution in [0.25, 0.3) is 11.0 Å². The Morgan fingerprint density at radius 3 is 2.51 bits per heavy atom. The summed E-state index contributed by atoms with van der Waals surface area (Å²) in [4.78, 5) is 26.6. The Hall–Kier alpha value is -3.75. The van der Waals surface area contributed by atoms with Gasteiger partial charge in [-0.2, -0.15) is 0 Å². The van der Waals surface area contributed by atoms with Crippen LogP contribution in [-0.4, -0.2) is 82.7 Å². The molecule has 216 valence electrons. The number of ether oxygens (including phenoxy) is 1. The summed E-state index contributed by atoms with van der Waals surface area (Å²) in [6.07, 6.45) is 6.82. The Balaban J connectivity index is 1.17. The lowest BCUT2D eigenvalue weighted by Crippen LogP contribution is -2.40. The van der Waals surface area contributed by atoms with Crippen molar-refractivity contribution in [2.75, 3.05) is 51.8 Å². The summed E-state index contributed by atoms with van der Waals surface area (Å²) in [6, 6.07) is 22.4. The van der Waals surface area contributed by atoms with Crippen LogP contribution in [0.2, 0.25) is 0 Å². The highest BCUT2D eigenvalue weighted by atomic mass is 16.5. The molecule has 8 nitrogen and oxygen atoms in total. The van der Waals surface area contributed by atoms with Gasteiger partial charge in [-0.1, -0.05) is 30.3 Å². The first-order valence-corrected chi connectivity index (χ1v) is 14.8. The van der Waals surface area contributed by atoms with Crippen LogP contribution in [0.15, 0.2) is 79.1 Å². The quantitative estimate of drug-likeness (QED) is 0.226. The maximum atomic E-state index is 13.0. The summed E-state index contributed by atoms with van der Waals surface area (Å²) in [5.41, 5.74) is 4.12. The highest BCUT2D eigenvalue weighted by molar-refractivity contribution is 5.94. The number of hydrogen-bond donors (Lipinski definition) is 1. The summed E-state index contributed by atoms with van der Waals surface area (Å²) in [5.74, 6) is 1.24. The van der Waals surface area contributed by atoms with Crippen molar-refractivity contribution in [3.63, 3.8) is 0 Å². The van der Waals surface area contributed by atoms with Crippen molar-refractivity contribution >= 4 is 22.9 Å². The largest absolute Gasteiger partial charge is 0.380 e. The summed E-state index contributed by atoms with van der Waals surface area (Å²) in [6.45, 7) is 7.96. The summed E-state index contributed by atoms with van der Waals surface area (Å²) >= 11 is 0. The van der Waals surface area contributed by atoms with Gasteiger partial charge in [0.1, 0.15) is 0 Å². The van der Waals surface area contributed by atoms with Crippen molar-refractivity contribution in [2.24, 2.45) is 0 Å². The fourth-order valence-electron chi connectivity index (χ4n) is 5.75. The third-order valence-corrected chi connectivity index (χ3v) is 8.07. The molecular weight excluding hydrogens is 512 g/mol. The first-order chi connectivity index (χ1) is 20.1. The molecule has 0 spiro atoms. The molecule has 2 aromatic heterocycles. The van der Waals surface area contributed by atoms with Crippen molar-refractivity contribution in [1.82, 2.24) is 24.3 Å². The molecule has 1 aliphatic rings. The zero-order chi connectivity index (χ0) is 28.4. The monoisotopic (exact) mass is 554 g/mol. The van der Waals surface area contributed by atoms with E-state index >= 15 is 0 Å². The number of fused-ring (bicyclic) bond motifs is 1. The number of hydrogen-bond acceptors (Lipinski definition) is 6. The summed E-state index contributed by atoms with van der Waals surface area (Å²) in [5, 5.41) is 3.75. The molecule has 4 aromatic rings. The van der Waals surface area contributed by atoms with Gasteiger partial charge < -0.3 is 24.4 Å². The maximum absolute atomic E-state index is 13.0. The van der Waals surface area contributed by atoms with Crippen molar-refractivity contribution < 1.29 is 9.53 Å². The molecule has 0 radical (unpaired) electrons. The van der Waals surface area contributed by atoms with Crippen LogP contribution >= 0.6 is 0 Å². The number of nitrogens with one attached hydrogen (secondary N) is 1. The maximum Gasteiger partial charge on any atom is 0.253 e. The highest BCUT2D eigenvalue weighted by Gasteiger charge is 2.24. The number of likely N-dealkylation sites (N-methyl/N-ethyl adjacent to an activating group) is 1. The SMILES string of the molecule is CCOCCn1c(NC2CCN(CCC(CN(C)C(=O)c3ccccc3)c3ccncc3)CC2)nc2ccccc21. The second-order valence-electron chi connectivity index (χ2n) is 10.9. The van der Waals surface area contributed by atoms with Gasteiger partial charge in [0, 0.05) is 69.8 Å². The average molecular weight is 555 g/mol. The molecule has 1 N–H and O–H groups in total. The predicted molar refractivity (Wildman–Crippen MR) is 164 cm³/mol. The number of pyridine rings is 1. The number of benzene rings is 2. The second-order valence-corrected chi connectivity index (χ2v) is 10.9. The molecule has 1 unspecified atom stereocenters. The first-order valence-electron chi connectivity index (χ1n) is 14.8. The Labute approximate surface area is 243 Å². The van der Waals surface area contributed by atoms with Crippen LogP contribution in [0.4, 0.5) is 5.95 Å². The number of amides is 1. The molecule has 1 fully saturated rings. The molecule has 2 aromatic carbocycles. The van der Waals surface area contributed by atoms with E-state index in [0.29, 0.717) is 19.2 Å². The highest BCUT2D eigenvalue weighted by Crippen LogP contribution is 2.25. The van der Waals surface area contributed by atoms with Crippen molar-refractivity contribution in [2.45, 2.75) is 44.7 Å². The van der Waals surface area contributed by atoms with Gasteiger partial charge in [-0.25, -0.2) is 4.98 Å². The first kappa shape index (κ1) is 28.8. The second kappa shape index (κ2) is 14.2. The Morgan fingerprint density at radius 1 is 1.02 bits per heavy atom. The summed E-state index contributed by atoms with van der Waals surface area (Å²) in [7, 11) is 1.91. The number of aromatic nitrogens is 3. The van der Waals surface area contributed by atoms with Crippen LogP contribution in [0, 0.1) is 0 Å². The number of carbonyl (C=O) groups excluding carboxylic acids is 1. The number of carbonyl (C=O) groups is 1. The molecule has 41 heavy (non-hydrogen) atoms. The van der Waals surface area contributed by atoms with Gasteiger partial charge in [0.15, 0.2) is 0 Å². The van der Waals surface area contributed by atoms with E-state index in [9.17, 15) is 4.79 Å². The normalized spacial score (nSPS) is 15.2. The predicted octanol–water partition coefficient (Wildman–Crippen LogP) is 5.29. The Bertz CT molecular complexity index is 1370. The van der Waals surface area contributed by atoms with Crippen LogP contribution in [0.3, 0.4) is 0 Å². The molecule has 1 amide bonds. The minimum atomic E-state index is 0.0591. The Kier molecular flexibility index (Phi) is 9.99. The third kappa shape index (κ3) is 7.51. The van der Waals surface area contributed by atoms with Crippen LogP contribution in [0.5, 0.6) is 0 Å². The number of imidazole rings is 1. The van der Waals surface area contributed by atoms with E-state index in [0.717, 1.165) is 74.6 Å². The summed E-state index contributed by atoms with van der Waals surface area (Å²) < 4.78 is 7.90. The van der Waals surface area contributed by atoms with Crippen LogP contribution in [0.1, 0.15) is 48.0 Å². The smallest absolute Gasteiger partial charge is 0.253 e. The molecule has 1 atom stereocenters. The van der Waals surface area contributed by atoms with E-state index in [-0.39, 0.29) is 11.8 Å². The van der Waals surface area contributed by atoms with Crippen molar-refractivity contribution in [3.8, 4) is 0 Å². The van der Waals surface area contributed by atoms with E-state index in [1.165, 1.54) is 5.56 Å². The number of likely N-dealkylation sites (tertiary alicyclic amines) is 1. The number of rotatable bonds is 13. The molecule has 5 rings (SSSR count). The molecule has 1 saturated heterocycles. The lowest BCUT2D eigenvalue weighted by atomic mass is 9.94. The third-order valence-electron chi connectivity index (χ3n) is 8.07. The minimum Gasteiger partial charge on any atom is -0.380 e. The van der Waals surface area contributed by atoms with Gasteiger partial charge in [0.2, 0.25) is 5.95 Å². The lowest BCUT2D eigenvalue weighted by molar-refractivity contribution is 0.0782. The zero-order valence-electron chi connectivity index (χ0n) is 24.3. The van der Waals surface area contributed by atoms with Gasteiger partial charge in [0.25, 0.3) is 5.91 Å². The van der Waals surface area contributed by atoms with Gasteiger partial charge in [0.05, 0.1) is 17.6 Å². The van der Waals surface area contributed by atoms with E-state index in [1.807, 2.05) is 67.7 Å². The molecule has 8 heteroatoms. The molecular formula is C33H42N6O2. The standard InChI is InChI=1S/C33H42N6O2/c1-3-41-24-23-39-31-12-8-7-11-30(31)36-33(39)35-29-16-21-38(22-17-29)20-15-28(26-13-18-34-19-14-26)25-37(2)32(40)27-9-5-4-6-10-27/h4-14,18-19,28-29H,3,15-17,20-25H2,1-2H3,(H,35,36). The molecule has 0 bridgehead atoms. The number of piperidine rings is 1. The fourth-order valence-corrected chi connectivity index (χ4v) is 5.75. The fraction of sp³-hybridized carbons (Fsp3) is 0.424.